The molecule has 0 aromatic carbocycles. The molecule has 72 valence electrons. The first-order chi connectivity index (χ1) is 5.49. The van der Waals surface area contributed by atoms with Gasteiger partial charge in [-0.3, -0.25) is 4.79 Å². The van der Waals surface area contributed by atoms with Gasteiger partial charge < -0.3 is 10.6 Å². The van der Waals surface area contributed by atoms with Crippen LogP contribution in [0.3, 0.4) is 0 Å². The molecule has 0 rings (SSSR count). The quantitative estimate of drug-likeness (QED) is 0.682. The van der Waals surface area contributed by atoms with Crippen LogP contribution in [0.5, 0.6) is 0 Å². The van der Waals surface area contributed by atoms with E-state index in [4.69, 9.17) is 5.73 Å². The van der Waals surface area contributed by atoms with E-state index >= 15 is 0 Å². The number of rotatable bonds is 4. The van der Waals surface area contributed by atoms with Crippen molar-refractivity contribution in [2.45, 2.75) is 25.8 Å². The van der Waals surface area contributed by atoms with Gasteiger partial charge in [-0.15, -0.1) is 0 Å². The predicted molar refractivity (Wildman–Crippen MR) is 41.9 cm³/mol. The molecule has 1 atom stereocenters. The van der Waals surface area contributed by atoms with Crippen molar-refractivity contribution in [3.8, 4) is 0 Å². The molecular weight excluding hydrogens is 166 g/mol. The molecule has 0 aromatic heterocycles. The maximum Gasteiger partial charge on any atom is 0.255 e. The summed E-state index contributed by atoms with van der Waals surface area (Å²) in [5, 5.41) is 0. The second kappa shape index (κ2) is 5.03. The first kappa shape index (κ1) is 11.3. The normalized spacial score (nSPS) is 13.2. The number of nitrogens with zero attached hydrogens (tertiary/aromatic N) is 1. The Kier molecular flexibility index (Phi) is 4.73. The van der Waals surface area contributed by atoms with Crippen molar-refractivity contribution >= 4 is 5.91 Å². The highest BCUT2D eigenvalue weighted by Crippen LogP contribution is 1.99. The van der Waals surface area contributed by atoms with Crippen LogP contribution in [-0.4, -0.2) is 36.9 Å². The van der Waals surface area contributed by atoms with Crippen LogP contribution < -0.4 is 5.73 Å². The molecule has 1 amide bonds. The summed E-state index contributed by atoms with van der Waals surface area (Å²) in [5.74, 6) is -0.433. The van der Waals surface area contributed by atoms with E-state index < -0.39 is 24.9 Å². The van der Waals surface area contributed by atoms with Crippen molar-refractivity contribution in [2.75, 3.05) is 13.6 Å². The second-order valence-corrected chi connectivity index (χ2v) is 2.62. The first-order valence-corrected chi connectivity index (χ1v) is 3.77. The lowest BCUT2D eigenvalue weighted by molar-refractivity contribution is -0.133. The predicted octanol–water partition coefficient (Wildman–Crippen LogP) is 0.447. The molecule has 0 radical (unpaired) electrons. The number of hydrogen-bond acceptors (Lipinski definition) is 2. The van der Waals surface area contributed by atoms with Crippen molar-refractivity contribution in [2.24, 2.45) is 5.73 Å². The topological polar surface area (TPSA) is 46.3 Å². The van der Waals surface area contributed by atoms with Gasteiger partial charge in [-0.25, -0.2) is 8.78 Å². The number of halogens is 2. The van der Waals surface area contributed by atoms with Crippen LogP contribution in [0, 0.1) is 0 Å². The maximum atomic E-state index is 11.8. The van der Waals surface area contributed by atoms with Gasteiger partial charge in [0.1, 0.15) is 0 Å². The Morgan fingerprint density at radius 1 is 1.58 bits per heavy atom. The van der Waals surface area contributed by atoms with Crippen LogP contribution in [0.4, 0.5) is 8.78 Å². The Bertz CT molecular complexity index is 152. The summed E-state index contributed by atoms with van der Waals surface area (Å²) < 4.78 is 23.6. The second-order valence-electron chi connectivity index (χ2n) is 2.62. The number of nitrogens with two attached hydrogens (primary N) is 1. The largest absolute Gasteiger partial charge is 0.339 e. The minimum Gasteiger partial charge on any atom is -0.339 e. The molecule has 12 heavy (non-hydrogen) atoms. The minimum absolute atomic E-state index is 0.433. The van der Waals surface area contributed by atoms with E-state index in [9.17, 15) is 13.6 Å². The van der Waals surface area contributed by atoms with Gasteiger partial charge in [0.05, 0.1) is 12.6 Å². The van der Waals surface area contributed by atoms with Crippen LogP contribution in [0.1, 0.15) is 13.3 Å². The lowest BCUT2D eigenvalue weighted by Gasteiger charge is -2.19. The van der Waals surface area contributed by atoms with Gasteiger partial charge in [0.15, 0.2) is 0 Å². The first-order valence-electron chi connectivity index (χ1n) is 3.77. The number of alkyl halides is 2. The smallest absolute Gasteiger partial charge is 0.255 e. The lowest BCUT2D eigenvalue weighted by Crippen LogP contribution is -2.43. The third-order valence-electron chi connectivity index (χ3n) is 1.55. The Morgan fingerprint density at radius 3 is 2.42 bits per heavy atom. The number of carbonyl (C=O) groups is 1. The van der Waals surface area contributed by atoms with Crippen molar-refractivity contribution < 1.29 is 13.6 Å². The van der Waals surface area contributed by atoms with Gasteiger partial charge in [-0.2, -0.15) is 0 Å². The minimum atomic E-state index is -2.50. The number of carbonyl (C=O) groups excluding carboxylic acids is 1. The van der Waals surface area contributed by atoms with Crippen molar-refractivity contribution in [3.05, 3.63) is 0 Å². The molecule has 0 saturated heterocycles. The molecule has 1 unspecified atom stereocenters. The van der Waals surface area contributed by atoms with E-state index in [1.807, 2.05) is 0 Å². The maximum absolute atomic E-state index is 11.8. The Labute approximate surface area is 70.5 Å². The van der Waals surface area contributed by atoms with Crippen molar-refractivity contribution in [1.29, 1.82) is 0 Å². The van der Waals surface area contributed by atoms with Gasteiger partial charge in [0, 0.05) is 7.05 Å². The van der Waals surface area contributed by atoms with Crippen LogP contribution in [0.2, 0.25) is 0 Å². The Morgan fingerprint density at radius 2 is 2.08 bits per heavy atom. The zero-order chi connectivity index (χ0) is 9.72. The molecule has 0 aliphatic heterocycles. The highest BCUT2D eigenvalue weighted by molar-refractivity contribution is 5.81. The van der Waals surface area contributed by atoms with E-state index in [1.165, 1.54) is 7.05 Å². The fraction of sp³-hybridized carbons (Fsp3) is 0.857. The summed E-state index contributed by atoms with van der Waals surface area (Å²) in [6.45, 7) is 1.19. The lowest BCUT2D eigenvalue weighted by atomic mass is 10.2. The molecule has 3 nitrogen and oxygen atoms in total. The van der Waals surface area contributed by atoms with Crippen LogP contribution in [-0.2, 0) is 4.79 Å². The van der Waals surface area contributed by atoms with E-state index in [2.05, 4.69) is 0 Å². The van der Waals surface area contributed by atoms with Gasteiger partial charge in [-0.05, 0) is 6.42 Å². The molecule has 0 heterocycles. The Balaban J connectivity index is 3.92. The molecule has 0 aromatic rings. The number of amides is 1. The highest BCUT2D eigenvalue weighted by Gasteiger charge is 2.18. The van der Waals surface area contributed by atoms with Crippen molar-refractivity contribution in [1.82, 2.24) is 4.90 Å². The van der Waals surface area contributed by atoms with E-state index in [1.54, 1.807) is 6.92 Å². The summed E-state index contributed by atoms with van der Waals surface area (Å²) in [6.07, 6.45) is -2.03. The van der Waals surface area contributed by atoms with E-state index in [-0.39, 0.29) is 0 Å². The molecule has 5 heteroatoms. The molecule has 0 saturated carbocycles. The zero-order valence-electron chi connectivity index (χ0n) is 7.26. The summed E-state index contributed by atoms with van der Waals surface area (Å²) in [5.41, 5.74) is 5.36. The molecule has 0 aliphatic carbocycles. The standard InChI is InChI=1S/C7H14F2N2O/c1-3-5(10)7(12)11(2)4-6(8)9/h5-6H,3-4,10H2,1-2H3. The van der Waals surface area contributed by atoms with E-state index in [0.717, 1.165) is 4.90 Å². The molecular formula is C7H14F2N2O. The Hall–Kier alpha value is -0.710. The van der Waals surface area contributed by atoms with Crippen LogP contribution >= 0.6 is 0 Å². The summed E-state index contributed by atoms with van der Waals surface area (Å²) in [7, 11) is 1.32. The summed E-state index contributed by atoms with van der Waals surface area (Å²) >= 11 is 0. The third-order valence-corrected chi connectivity index (χ3v) is 1.55. The van der Waals surface area contributed by atoms with Gasteiger partial charge in [0.25, 0.3) is 6.43 Å². The fourth-order valence-corrected chi connectivity index (χ4v) is 0.755. The van der Waals surface area contributed by atoms with Gasteiger partial charge in [-0.1, -0.05) is 6.92 Å². The molecule has 0 bridgehead atoms. The summed E-state index contributed by atoms with van der Waals surface area (Å²) in [6, 6.07) is -0.659. The number of likely N-dealkylation sites (N-methyl/N-ethyl adjacent to an activating group) is 1. The van der Waals surface area contributed by atoms with Crippen LogP contribution in [0.15, 0.2) is 0 Å². The monoisotopic (exact) mass is 180 g/mol. The third kappa shape index (κ3) is 3.61. The van der Waals surface area contributed by atoms with Crippen molar-refractivity contribution in [3.63, 3.8) is 0 Å². The number of hydrogen-bond donors (Lipinski definition) is 1. The van der Waals surface area contributed by atoms with Gasteiger partial charge in [0.2, 0.25) is 5.91 Å². The highest BCUT2D eigenvalue weighted by atomic mass is 19.3. The van der Waals surface area contributed by atoms with Gasteiger partial charge >= 0.3 is 0 Å². The van der Waals surface area contributed by atoms with E-state index in [0.29, 0.717) is 6.42 Å². The van der Waals surface area contributed by atoms with Crippen LogP contribution in [0.25, 0.3) is 0 Å². The average Bonchev–Trinajstić information content (AvgIpc) is 2.00. The summed E-state index contributed by atoms with van der Waals surface area (Å²) in [4.78, 5) is 12.0. The SMILES string of the molecule is CCC(N)C(=O)N(C)CC(F)F. The average molecular weight is 180 g/mol. The molecule has 2 N–H and O–H groups in total. The molecule has 0 spiro atoms. The fourth-order valence-electron chi connectivity index (χ4n) is 0.755. The zero-order valence-corrected chi connectivity index (χ0v) is 7.26. The molecule has 0 fully saturated rings. The molecule has 0 aliphatic rings.